The summed E-state index contributed by atoms with van der Waals surface area (Å²) >= 11 is 0. The van der Waals surface area contributed by atoms with E-state index in [2.05, 4.69) is 109 Å². The van der Waals surface area contributed by atoms with Gasteiger partial charge in [0.25, 0.3) is 0 Å². The Labute approximate surface area is 423 Å². The van der Waals surface area contributed by atoms with Crippen LogP contribution in [0.2, 0.25) is 0 Å². The minimum atomic E-state index is -0.587. The first kappa shape index (κ1) is 50.0. The quantitative estimate of drug-likeness (QED) is 0.0437. The van der Waals surface area contributed by atoms with Gasteiger partial charge in [0.1, 0.15) is 37.1 Å². The third-order valence-electron chi connectivity index (χ3n) is 12.9. The number of nitrogens with zero attached hydrogens (tertiary/aromatic N) is 1. The first-order valence-corrected chi connectivity index (χ1v) is 24.9. The van der Waals surface area contributed by atoms with E-state index in [0.29, 0.717) is 46.2 Å². The molecule has 0 N–H and O–H groups in total. The smallest absolute Gasteiger partial charge is 0.309 e. The predicted octanol–water partition coefficient (Wildman–Crippen LogP) is 12.6. The highest BCUT2D eigenvalue weighted by molar-refractivity contribution is 5.87. The Bertz CT molecular complexity index is 2890. The minimum Gasteiger partial charge on any atom is -0.463 e. The van der Waals surface area contributed by atoms with Crippen molar-refractivity contribution in [2.24, 2.45) is 0 Å². The SMILES string of the molecule is Cc1cccc2c([C@@H]3O[C@H](COCc4ccccc4)[C@@H](OCc4ccccc4)[C@H](OCc4ccccc4)[C@H]3OCc3ccccc3)cn(Cc3ccc(C=CCC(=O)OCCOCc4ccccc4)cc3)c12. The Kier molecular flexibility index (Phi) is 18.0. The molecule has 1 saturated heterocycles. The van der Waals surface area contributed by atoms with Gasteiger partial charge in [0.15, 0.2) is 0 Å². The number of carbonyl (C=O) groups excluding carboxylic acids is 1. The molecule has 8 aromatic rings. The molecular formula is C63H63NO8. The summed E-state index contributed by atoms with van der Waals surface area (Å²) in [6.07, 6.45) is 3.40. The zero-order chi connectivity index (χ0) is 49.2. The van der Waals surface area contributed by atoms with E-state index in [1.807, 2.05) is 115 Å². The van der Waals surface area contributed by atoms with E-state index in [1.54, 1.807) is 0 Å². The van der Waals surface area contributed by atoms with Crippen LogP contribution in [0.15, 0.2) is 206 Å². The molecular weight excluding hydrogens is 899 g/mol. The van der Waals surface area contributed by atoms with E-state index >= 15 is 0 Å². The number of carbonyl (C=O) groups is 1. The van der Waals surface area contributed by atoms with Crippen LogP contribution in [0.1, 0.15) is 62.6 Å². The van der Waals surface area contributed by atoms with Crippen molar-refractivity contribution in [3.05, 3.63) is 256 Å². The molecule has 5 atom stereocenters. The lowest BCUT2D eigenvalue weighted by molar-refractivity contribution is -0.274. The maximum atomic E-state index is 12.5. The molecule has 0 unspecified atom stereocenters. The lowest BCUT2D eigenvalue weighted by Crippen LogP contribution is -2.58. The highest BCUT2D eigenvalue weighted by Crippen LogP contribution is 2.42. The summed E-state index contributed by atoms with van der Waals surface area (Å²) < 4.78 is 48.5. The van der Waals surface area contributed by atoms with Gasteiger partial charge in [0.05, 0.1) is 58.2 Å². The van der Waals surface area contributed by atoms with E-state index in [9.17, 15) is 4.79 Å². The van der Waals surface area contributed by atoms with Crippen molar-refractivity contribution in [3.8, 4) is 0 Å². The molecule has 1 fully saturated rings. The molecule has 0 saturated carbocycles. The molecule has 0 radical (unpaired) electrons. The lowest BCUT2D eigenvalue weighted by atomic mass is 9.90. The zero-order valence-corrected chi connectivity index (χ0v) is 40.9. The van der Waals surface area contributed by atoms with E-state index in [1.165, 1.54) is 0 Å². The van der Waals surface area contributed by atoms with Gasteiger partial charge < -0.3 is 37.7 Å². The van der Waals surface area contributed by atoms with Crippen molar-refractivity contribution in [2.45, 2.75) is 83.4 Å². The zero-order valence-electron chi connectivity index (χ0n) is 40.9. The third-order valence-corrected chi connectivity index (χ3v) is 12.9. The van der Waals surface area contributed by atoms with Crippen LogP contribution in [0.4, 0.5) is 0 Å². The largest absolute Gasteiger partial charge is 0.463 e. The molecule has 9 nitrogen and oxygen atoms in total. The van der Waals surface area contributed by atoms with Crippen LogP contribution >= 0.6 is 0 Å². The topological polar surface area (TPSA) is 86.6 Å². The third kappa shape index (κ3) is 13.9. The molecule has 7 aromatic carbocycles. The van der Waals surface area contributed by atoms with E-state index in [-0.39, 0.29) is 25.6 Å². The number of hydrogen-bond acceptors (Lipinski definition) is 8. The minimum absolute atomic E-state index is 0.176. The molecule has 1 aliphatic heterocycles. The first-order chi connectivity index (χ1) is 35.5. The summed E-state index contributed by atoms with van der Waals surface area (Å²) in [6, 6.07) is 65.7. The van der Waals surface area contributed by atoms with Crippen LogP contribution in [0.5, 0.6) is 0 Å². The van der Waals surface area contributed by atoms with Gasteiger partial charge >= 0.3 is 5.97 Å². The van der Waals surface area contributed by atoms with Crippen LogP contribution < -0.4 is 0 Å². The average Bonchev–Trinajstić information content (AvgIpc) is 3.79. The molecule has 1 aliphatic rings. The Morgan fingerprint density at radius 2 is 1.04 bits per heavy atom. The fraction of sp³-hybridized carbons (Fsp3) is 0.254. The van der Waals surface area contributed by atoms with Gasteiger partial charge in [-0.1, -0.05) is 206 Å². The van der Waals surface area contributed by atoms with Gasteiger partial charge in [-0.3, -0.25) is 4.79 Å². The van der Waals surface area contributed by atoms with Gasteiger partial charge in [-0.05, 0) is 51.4 Å². The number of aromatic nitrogens is 1. The Morgan fingerprint density at radius 3 is 1.61 bits per heavy atom. The average molecular weight is 962 g/mol. The molecule has 2 heterocycles. The predicted molar refractivity (Wildman–Crippen MR) is 282 cm³/mol. The van der Waals surface area contributed by atoms with Crippen LogP contribution in [0.3, 0.4) is 0 Å². The van der Waals surface area contributed by atoms with Gasteiger partial charge in [-0.15, -0.1) is 0 Å². The number of benzene rings is 7. The van der Waals surface area contributed by atoms with E-state index in [4.69, 9.17) is 33.2 Å². The fourth-order valence-electron chi connectivity index (χ4n) is 9.23. The van der Waals surface area contributed by atoms with Gasteiger partial charge in [0.2, 0.25) is 0 Å². The highest BCUT2D eigenvalue weighted by Gasteiger charge is 2.49. The maximum absolute atomic E-state index is 12.5. The lowest BCUT2D eigenvalue weighted by Gasteiger charge is -2.46. The molecule has 0 amide bonds. The van der Waals surface area contributed by atoms with Crippen LogP contribution in [0.25, 0.3) is 17.0 Å². The Balaban J connectivity index is 0.981. The number of rotatable bonds is 24. The number of ether oxygens (including phenoxy) is 7. The molecule has 9 rings (SSSR count). The second-order valence-electron chi connectivity index (χ2n) is 18.2. The van der Waals surface area contributed by atoms with Crippen molar-refractivity contribution in [3.63, 3.8) is 0 Å². The summed E-state index contributed by atoms with van der Waals surface area (Å²) in [5.74, 6) is -0.290. The molecule has 0 aliphatic carbocycles. The molecule has 0 bridgehead atoms. The van der Waals surface area contributed by atoms with Gasteiger partial charge in [0, 0.05) is 23.7 Å². The summed E-state index contributed by atoms with van der Waals surface area (Å²) in [5, 5.41) is 1.08. The highest BCUT2D eigenvalue weighted by atomic mass is 16.6. The summed E-state index contributed by atoms with van der Waals surface area (Å²) in [7, 11) is 0. The molecule has 0 spiro atoms. The van der Waals surface area contributed by atoms with Crippen molar-refractivity contribution >= 4 is 22.9 Å². The standard InChI is InChI=1S/C63H63NO8/c1-47-19-17-31-55-56(40-64(59(47)55)39-49-35-33-48(34-36-49)30-18-32-58(65)68-38-37-66-41-50-20-7-2-8-21-50)60-62(70-44-53-26-13-5-14-27-53)63(71-45-54-28-15-6-16-29-54)61(69-43-52-24-11-4-12-25-52)57(72-60)46-67-42-51-22-9-3-10-23-51/h2-31,33-36,40,57,60-63H,32,37-39,41-46H2,1H3/t57-,60+,61-,62+,63+/m1/s1. The number of aryl methyl sites for hydroxylation is 1. The molecule has 1 aromatic heterocycles. The first-order valence-electron chi connectivity index (χ1n) is 24.9. The summed E-state index contributed by atoms with van der Waals surface area (Å²) in [5.41, 5.74) is 10.7. The van der Waals surface area contributed by atoms with Crippen molar-refractivity contribution in [1.29, 1.82) is 0 Å². The number of esters is 1. The van der Waals surface area contributed by atoms with E-state index < -0.39 is 30.5 Å². The summed E-state index contributed by atoms with van der Waals surface area (Å²) in [6.45, 7) is 5.57. The molecule has 72 heavy (non-hydrogen) atoms. The maximum Gasteiger partial charge on any atom is 0.309 e. The Hall–Kier alpha value is -6.95. The second-order valence-corrected chi connectivity index (χ2v) is 18.2. The number of hydrogen-bond donors (Lipinski definition) is 0. The van der Waals surface area contributed by atoms with E-state index in [0.717, 1.165) is 61.0 Å². The van der Waals surface area contributed by atoms with Crippen molar-refractivity contribution in [1.82, 2.24) is 4.57 Å². The molecule has 9 heteroatoms. The van der Waals surface area contributed by atoms with Gasteiger partial charge in [-0.2, -0.15) is 0 Å². The monoisotopic (exact) mass is 961 g/mol. The van der Waals surface area contributed by atoms with Crippen LogP contribution in [-0.2, 0) is 77.5 Å². The molecule has 368 valence electrons. The van der Waals surface area contributed by atoms with Crippen LogP contribution in [0, 0.1) is 6.92 Å². The number of fused-ring (bicyclic) bond motifs is 1. The number of para-hydroxylation sites is 1. The fourth-order valence-corrected chi connectivity index (χ4v) is 9.23. The summed E-state index contributed by atoms with van der Waals surface area (Å²) in [4.78, 5) is 12.5. The van der Waals surface area contributed by atoms with Crippen LogP contribution in [-0.4, -0.2) is 54.8 Å². The Morgan fingerprint density at radius 1 is 0.528 bits per heavy atom. The van der Waals surface area contributed by atoms with Crippen molar-refractivity contribution in [2.75, 3.05) is 19.8 Å². The normalized spacial score (nSPS) is 17.9. The van der Waals surface area contributed by atoms with Gasteiger partial charge in [-0.25, -0.2) is 0 Å². The second kappa shape index (κ2) is 26.0. The van der Waals surface area contributed by atoms with Crippen molar-refractivity contribution < 1.29 is 38.0 Å².